The van der Waals surface area contributed by atoms with Crippen LogP contribution in [0.4, 0.5) is 27.8 Å². The second-order valence-electron chi connectivity index (χ2n) is 4.46. The Morgan fingerprint density at radius 2 is 1.57 bits per heavy atom. The van der Waals surface area contributed by atoms with Gasteiger partial charge in [-0.1, -0.05) is 0 Å². The molecule has 3 aromatic rings. The van der Waals surface area contributed by atoms with Gasteiger partial charge in [-0.15, -0.1) is 0 Å². The minimum atomic E-state index is -2.34. The molecule has 3 rings (SSSR count). The van der Waals surface area contributed by atoms with Crippen molar-refractivity contribution in [2.45, 2.75) is 0 Å². The van der Waals surface area contributed by atoms with E-state index in [4.69, 9.17) is 5.73 Å². The number of nitrogen functional groups attached to an aromatic ring is 1. The molecule has 0 aliphatic rings. The molecule has 120 valence electrons. The number of H-pyrrole nitrogens is 1. The van der Waals surface area contributed by atoms with E-state index in [0.29, 0.717) is 0 Å². The van der Waals surface area contributed by atoms with Crippen LogP contribution in [0.15, 0.2) is 10.9 Å². The molecule has 0 aliphatic heterocycles. The number of anilines is 1. The molecule has 0 saturated carbocycles. The second-order valence-corrected chi connectivity index (χ2v) is 4.46. The summed E-state index contributed by atoms with van der Waals surface area (Å²) in [6.45, 7) is 0. The highest BCUT2D eigenvalue weighted by Gasteiger charge is 2.29. The number of nitrogens with two attached hydrogens (primary N) is 1. The molecule has 0 saturated heterocycles. The van der Waals surface area contributed by atoms with Crippen LogP contribution < -0.4 is 11.3 Å². The number of benzene rings is 1. The van der Waals surface area contributed by atoms with E-state index in [9.17, 15) is 31.9 Å². The first-order chi connectivity index (χ1) is 10.7. The summed E-state index contributed by atoms with van der Waals surface area (Å²) in [6.07, 6.45) is 0. The molecule has 4 N–H and O–H groups in total. The smallest absolute Gasteiger partial charge is 0.263 e. The maximum Gasteiger partial charge on any atom is 0.263 e. The first-order valence-corrected chi connectivity index (χ1v) is 5.86. The fourth-order valence-electron chi connectivity index (χ4n) is 2.08. The normalized spacial score (nSPS) is 11.3. The van der Waals surface area contributed by atoms with E-state index in [1.54, 1.807) is 0 Å². The highest BCUT2D eigenvalue weighted by Crippen LogP contribution is 2.29. The van der Waals surface area contributed by atoms with E-state index < -0.39 is 52.0 Å². The van der Waals surface area contributed by atoms with Gasteiger partial charge >= 0.3 is 0 Å². The first-order valence-electron chi connectivity index (χ1n) is 5.86. The van der Waals surface area contributed by atoms with E-state index in [2.05, 4.69) is 5.10 Å². The highest BCUT2D eigenvalue weighted by atomic mass is 19.2. The van der Waals surface area contributed by atoms with Crippen molar-refractivity contribution in [2.24, 2.45) is 0 Å². The van der Waals surface area contributed by atoms with E-state index in [0.717, 1.165) is 6.07 Å². The van der Waals surface area contributed by atoms with Gasteiger partial charge in [0.2, 0.25) is 5.82 Å². The minimum Gasteiger partial charge on any atom is -0.494 e. The topological polar surface area (TPSA) is 96.9 Å². The Kier molecular flexibility index (Phi) is 3.02. The molecular weight excluding hydrogens is 327 g/mol. The van der Waals surface area contributed by atoms with Crippen LogP contribution in [0.1, 0.15) is 0 Å². The van der Waals surface area contributed by atoms with E-state index in [1.165, 1.54) is 0 Å². The molecule has 0 bridgehead atoms. The first kappa shape index (κ1) is 14.8. The molecule has 1 aromatic carbocycles. The van der Waals surface area contributed by atoms with Gasteiger partial charge in [-0.05, 0) is 0 Å². The fraction of sp³-hybridized carbons (Fsp3) is 0. The molecule has 0 atom stereocenters. The molecule has 23 heavy (non-hydrogen) atoms. The average molecular weight is 332 g/mol. The Bertz CT molecular complexity index is 998. The lowest BCUT2D eigenvalue weighted by Crippen LogP contribution is -2.13. The third-order valence-electron chi connectivity index (χ3n) is 3.09. The van der Waals surface area contributed by atoms with Crippen LogP contribution in [0.3, 0.4) is 0 Å². The number of nitrogens with zero attached hydrogens (tertiary/aromatic N) is 2. The minimum absolute atomic E-state index is 0.204. The number of hydrogen-bond donors (Lipinski definition) is 3. The Morgan fingerprint density at radius 1 is 1.04 bits per heavy atom. The second kappa shape index (κ2) is 4.69. The molecule has 0 fully saturated rings. The predicted octanol–water partition coefficient (Wildman–Crippen LogP) is 1.70. The molecule has 0 unspecified atom stereocenters. The van der Waals surface area contributed by atoms with Crippen LogP contribution in [-0.4, -0.2) is 19.9 Å². The molecule has 2 aromatic heterocycles. The summed E-state index contributed by atoms with van der Waals surface area (Å²) in [7, 11) is 0. The molecule has 0 radical (unpaired) electrons. The van der Waals surface area contributed by atoms with Gasteiger partial charge < -0.3 is 10.8 Å². The number of halogens is 5. The Hall–Kier alpha value is -3.11. The van der Waals surface area contributed by atoms with Gasteiger partial charge in [-0.25, -0.2) is 26.6 Å². The maximum atomic E-state index is 13.8. The largest absolute Gasteiger partial charge is 0.494 e. The number of aromatic hydroxyl groups is 1. The quantitative estimate of drug-likeness (QED) is 0.359. The van der Waals surface area contributed by atoms with Crippen LogP contribution >= 0.6 is 0 Å². The van der Waals surface area contributed by atoms with Crippen molar-refractivity contribution in [3.63, 3.8) is 0 Å². The number of aromatic amines is 1. The molecule has 11 heteroatoms. The van der Waals surface area contributed by atoms with Gasteiger partial charge in [0.25, 0.3) is 5.56 Å². The number of pyridine rings is 1. The molecule has 0 aliphatic carbocycles. The monoisotopic (exact) mass is 332 g/mol. The lowest BCUT2D eigenvalue weighted by Gasteiger charge is -2.09. The zero-order valence-corrected chi connectivity index (χ0v) is 10.8. The van der Waals surface area contributed by atoms with E-state index in [-0.39, 0.29) is 15.6 Å². The van der Waals surface area contributed by atoms with Crippen molar-refractivity contribution < 1.29 is 27.1 Å². The maximum absolute atomic E-state index is 13.8. The standard InChI is InChI=1S/C12H5F5N4O2/c13-5-6(14)8(16)10(9(17)7(5)15)21-11(18)4-2(20-21)1-3(22)19-12(4)23/h1,22H,18H2,(H,19,23). The van der Waals surface area contributed by atoms with Crippen LogP contribution in [0.2, 0.25) is 0 Å². The van der Waals surface area contributed by atoms with Crippen LogP contribution in [0.5, 0.6) is 5.88 Å². The summed E-state index contributed by atoms with van der Waals surface area (Å²) in [5.41, 5.74) is 2.84. The fourth-order valence-corrected chi connectivity index (χ4v) is 2.08. The van der Waals surface area contributed by atoms with Crippen molar-refractivity contribution in [2.75, 3.05) is 5.73 Å². The zero-order chi connectivity index (χ0) is 17.0. The van der Waals surface area contributed by atoms with Gasteiger partial charge in [0, 0.05) is 6.07 Å². The lowest BCUT2D eigenvalue weighted by atomic mass is 10.2. The Labute approximate surface area is 122 Å². The van der Waals surface area contributed by atoms with Gasteiger partial charge in [0.05, 0.1) is 0 Å². The van der Waals surface area contributed by atoms with Crippen LogP contribution in [0, 0.1) is 29.1 Å². The third kappa shape index (κ3) is 1.93. The summed E-state index contributed by atoms with van der Waals surface area (Å²) in [5, 5.41) is 12.4. The van der Waals surface area contributed by atoms with E-state index >= 15 is 0 Å². The summed E-state index contributed by atoms with van der Waals surface area (Å²) >= 11 is 0. The third-order valence-corrected chi connectivity index (χ3v) is 3.09. The average Bonchev–Trinajstić information content (AvgIpc) is 2.80. The summed E-state index contributed by atoms with van der Waals surface area (Å²) < 4.78 is 67.4. The highest BCUT2D eigenvalue weighted by molar-refractivity contribution is 5.89. The van der Waals surface area contributed by atoms with Gasteiger partial charge in [-0.2, -0.15) is 5.10 Å². The number of fused-ring (bicyclic) bond motifs is 1. The summed E-state index contributed by atoms with van der Waals surface area (Å²) in [5.74, 6) is -12.3. The van der Waals surface area contributed by atoms with Gasteiger partial charge in [-0.3, -0.25) is 9.78 Å². The molecule has 2 heterocycles. The van der Waals surface area contributed by atoms with Gasteiger partial charge in [0.15, 0.2) is 29.1 Å². The van der Waals surface area contributed by atoms with Crippen molar-refractivity contribution in [1.82, 2.24) is 14.8 Å². The summed E-state index contributed by atoms with van der Waals surface area (Å²) in [6, 6.07) is 0.898. The van der Waals surface area contributed by atoms with Crippen LogP contribution in [-0.2, 0) is 0 Å². The van der Waals surface area contributed by atoms with Gasteiger partial charge in [0.1, 0.15) is 22.4 Å². The van der Waals surface area contributed by atoms with Crippen molar-refractivity contribution in [3.05, 3.63) is 45.5 Å². The molecular formula is C12H5F5N4O2. The SMILES string of the molecule is Nc1c2c(=O)[nH]c(O)cc2nn1-c1c(F)c(F)c(F)c(F)c1F. The number of rotatable bonds is 1. The van der Waals surface area contributed by atoms with Crippen molar-refractivity contribution in [3.8, 4) is 11.6 Å². The number of nitrogens with one attached hydrogen (secondary N) is 1. The number of aromatic nitrogens is 3. The molecule has 6 nitrogen and oxygen atoms in total. The zero-order valence-electron chi connectivity index (χ0n) is 10.8. The summed E-state index contributed by atoms with van der Waals surface area (Å²) in [4.78, 5) is 13.6. The van der Waals surface area contributed by atoms with Crippen molar-refractivity contribution in [1.29, 1.82) is 0 Å². The predicted molar refractivity (Wildman–Crippen MR) is 67.6 cm³/mol. The Balaban J connectivity index is 2.46. The molecule has 0 amide bonds. The molecule has 0 spiro atoms. The lowest BCUT2D eigenvalue weighted by molar-refractivity contribution is 0.374. The van der Waals surface area contributed by atoms with Crippen LogP contribution in [0.25, 0.3) is 16.6 Å². The number of hydrogen-bond acceptors (Lipinski definition) is 4. The van der Waals surface area contributed by atoms with E-state index in [1.807, 2.05) is 4.98 Å². The van der Waals surface area contributed by atoms with Crippen molar-refractivity contribution >= 4 is 16.7 Å². The Morgan fingerprint density at radius 3 is 2.13 bits per heavy atom.